The molecule has 2 rings (SSSR count). The van der Waals surface area contributed by atoms with Crippen LogP contribution in [-0.2, 0) is 0 Å². The van der Waals surface area contributed by atoms with Crippen molar-refractivity contribution >= 4 is 0 Å². The van der Waals surface area contributed by atoms with Crippen molar-refractivity contribution < 1.29 is 4.74 Å². The minimum Gasteiger partial charge on any atom is -0.489 e. The molecule has 1 aliphatic rings. The van der Waals surface area contributed by atoms with Crippen LogP contribution in [0.4, 0.5) is 0 Å². The summed E-state index contributed by atoms with van der Waals surface area (Å²) in [6.07, 6.45) is 4.00. The zero-order valence-electron chi connectivity index (χ0n) is 12.6. The Balaban J connectivity index is 2.03. The van der Waals surface area contributed by atoms with Crippen LogP contribution in [0.1, 0.15) is 38.7 Å². The zero-order chi connectivity index (χ0) is 13.8. The highest BCUT2D eigenvalue weighted by Crippen LogP contribution is 2.32. The monoisotopic (exact) mass is 261 g/mol. The maximum Gasteiger partial charge on any atom is 0.119 e. The van der Waals surface area contributed by atoms with Gasteiger partial charge in [0.25, 0.3) is 0 Å². The molecule has 2 nitrogen and oxygen atoms in total. The van der Waals surface area contributed by atoms with Crippen LogP contribution in [0, 0.1) is 18.8 Å². The highest BCUT2D eigenvalue weighted by atomic mass is 16.5. The van der Waals surface area contributed by atoms with Gasteiger partial charge in [0.1, 0.15) is 11.9 Å². The third-order valence-corrected chi connectivity index (χ3v) is 4.45. The van der Waals surface area contributed by atoms with Gasteiger partial charge in [-0.25, -0.2) is 0 Å². The highest BCUT2D eigenvalue weighted by molar-refractivity contribution is 5.26. The number of nitrogens with one attached hydrogen (secondary N) is 1. The van der Waals surface area contributed by atoms with Gasteiger partial charge in [0.15, 0.2) is 0 Å². The van der Waals surface area contributed by atoms with Crippen LogP contribution in [0.3, 0.4) is 0 Å². The Labute approximate surface area is 117 Å². The normalized spacial score (nSPS) is 27.5. The average molecular weight is 261 g/mol. The lowest BCUT2D eigenvalue weighted by Crippen LogP contribution is -2.46. The maximum atomic E-state index is 6.23. The molecule has 0 aliphatic heterocycles. The second-order valence-corrected chi connectivity index (χ2v) is 6.18. The lowest BCUT2D eigenvalue weighted by atomic mass is 9.78. The standard InChI is InChI=1S/C17H27NO/c1-12(2)14-7-10-16(18-4)17(11-14)19-15-8-5-13(3)6-9-15/h5-6,8-9,12,14,16-18H,7,10-11H2,1-4H3. The Morgan fingerprint density at radius 3 is 2.42 bits per heavy atom. The van der Waals surface area contributed by atoms with E-state index in [4.69, 9.17) is 4.74 Å². The molecule has 0 aromatic heterocycles. The summed E-state index contributed by atoms with van der Waals surface area (Å²) < 4.78 is 6.23. The van der Waals surface area contributed by atoms with E-state index in [9.17, 15) is 0 Å². The van der Waals surface area contributed by atoms with Crippen molar-refractivity contribution in [2.75, 3.05) is 7.05 Å². The number of benzene rings is 1. The van der Waals surface area contributed by atoms with E-state index in [1.165, 1.54) is 18.4 Å². The number of hydrogen-bond acceptors (Lipinski definition) is 2. The molecular weight excluding hydrogens is 234 g/mol. The molecule has 1 aromatic rings. The number of likely N-dealkylation sites (N-methyl/N-ethyl adjacent to an activating group) is 1. The van der Waals surface area contributed by atoms with Crippen molar-refractivity contribution in [2.24, 2.45) is 11.8 Å². The molecule has 106 valence electrons. The molecule has 3 unspecified atom stereocenters. The number of aryl methyl sites for hydroxylation is 1. The summed E-state index contributed by atoms with van der Waals surface area (Å²) in [6, 6.07) is 8.89. The van der Waals surface area contributed by atoms with Crippen LogP contribution < -0.4 is 10.1 Å². The van der Waals surface area contributed by atoms with Gasteiger partial charge in [-0.15, -0.1) is 0 Å². The Bertz CT molecular complexity index is 385. The zero-order valence-corrected chi connectivity index (χ0v) is 12.6. The molecular formula is C17H27NO. The number of hydrogen-bond donors (Lipinski definition) is 1. The minimum absolute atomic E-state index is 0.300. The Kier molecular flexibility index (Phi) is 4.87. The summed E-state index contributed by atoms with van der Waals surface area (Å²) in [5, 5.41) is 3.42. The third kappa shape index (κ3) is 3.73. The van der Waals surface area contributed by atoms with Crippen molar-refractivity contribution in [3.8, 4) is 5.75 Å². The van der Waals surface area contributed by atoms with Crippen LogP contribution >= 0.6 is 0 Å². The number of ether oxygens (including phenoxy) is 1. The first-order chi connectivity index (χ1) is 9.10. The van der Waals surface area contributed by atoms with Gasteiger partial charge < -0.3 is 10.1 Å². The lowest BCUT2D eigenvalue weighted by molar-refractivity contribution is 0.0750. The van der Waals surface area contributed by atoms with Gasteiger partial charge in [-0.2, -0.15) is 0 Å². The molecule has 1 aliphatic carbocycles. The van der Waals surface area contributed by atoms with E-state index >= 15 is 0 Å². The second-order valence-electron chi connectivity index (χ2n) is 6.18. The fourth-order valence-corrected chi connectivity index (χ4v) is 3.02. The summed E-state index contributed by atoms with van der Waals surface area (Å²) in [6.45, 7) is 6.76. The molecule has 1 saturated carbocycles. The molecule has 1 N–H and O–H groups in total. The summed E-state index contributed by atoms with van der Waals surface area (Å²) in [4.78, 5) is 0. The lowest BCUT2D eigenvalue weighted by Gasteiger charge is -2.37. The van der Waals surface area contributed by atoms with Crippen molar-refractivity contribution in [2.45, 2.75) is 52.2 Å². The molecule has 0 amide bonds. The van der Waals surface area contributed by atoms with Crippen LogP contribution in [0.25, 0.3) is 0 Å². The molecule has 0 bridgehead atoms. The van der Waals surface area contributed by atoms with E-state index in [0.717, 1.165) is 24.0 Å². The number of rotatable bonds is 4. The average Bonchev–Trinajstić information content (AvgIpc) is 2.41. The van der Waals surface area contributed by atoms with Crippen molar-refractivity contribution in [3.05, 3.63) is 29.8 Å². The van der Waals surface area contributed by atoms with E-state index in [1.807, 2.05) is 7.05 Å². The van der Waals surface area contributed by atoms with Crippen LogP contribution in [0.15, 0.2) is 24.3 Å². The quantitative estimate of drug-likeness (QED) is 0.890. The predicted molar refractivity (Wildman–Crippen MR) is 80.6 cm³/mol. The van der Waals surface area contributed by atoms with Crippen molar-refractivity contribution in [1.29, 1.82) is 0 Å². The third-order valence-electron chi connectivity index (χ3n) is 4.45. The van der Waals surface area contributed by atoms with Gasteiger partial charge >= 0.3 is 0 Å². The summed E-state index contributed by atoms with van der Waals surface area (Å²) >= 11 is 0. The van der Waals surface area contributed by atoms with Gasteiger partial charge in [-0.1, -0.05) is 31.5 Å². The summed E-state index contributed by atoms with van der Waals surface area (Å²) in [5.41, 5.74) is 1.28. The van der Waals surface area contributed by atoms with Gasteiger partial charge in [0.05, 0.1) is 0 Å². The van der Waals surface area contributed by atoms with Gasteiger partial charge in [0.2, 0.25) is 0 Å². The maximum absolute atomic E-state index is 6.23. The highest BCUT2D eigenvalue weighted by Gasteiger charge is 2.32. The topological polar surface area (TPSA) is 21.3 Å². The van der Waals surface area contributed by atoms with Crippen molar-refractivity contribution in [3.63, 3.8) is 0 Å². The molecule has 19 heavy (non-hydrogen) atoms. The van der Waals surface area contributed by atoms with Crippen LogP contribution in [-0.4, -0.2) is 19.2 Å². The molecule has 0 saturated heterocycles. The molecule has 2 heteroatoms. The molecule has 1 fully saturated rings. The van der Waals surface area contributed by atoms with Crippen molar-refractivity contribution in [1.82, 2.24) is 5.32 Å². The first kappa shape index (κ1) is 14.4. The molecule has 0 spiro atoms. The largest absolute Gasteiger partial charge is 0.489 e. The Hall–Kier alpha value is -1.02. The van der Waals surface area contributed by atoms with Crippen LogP contribution in [0.2, 0.25) is 0 Å². The van der Waals surface area contributed by atoms with E-state index < -0.39 is 0 Å². The Morgan fingerprint density at radius 1 is 1.16 bits per heavy atom. The smallest absolute Gasteiger partial charge is 0.119 e. The van der Waals surface area contributed by atoms with Gasteiger partial charge in [-0.05, 0) is 57.2 Å². The molecule has 0 radical (unpaired) electrons. The fourth-order valence-electron chi connectivity index (χ4n) is 3.02. The fraction of sp³-hybridized carbons (Fsp3) is 0.647. The minimum atomic E-state index is 0.300. The summed E-state index contributed by atoms with van der Waals surface area (Å²) in [5.74, 6) is 2.54. The van der Waals surface area contributed by atoms with E-state index in [1.54, 1.807) is 0 Å². The van der Waals surface area contributed by atoms with Crippen LogP contribution in [0.5, 0.6) is 5.75 Å². The van der Waals surface area contributed by atoms with E-state index in [0.29, 0.717) is 12.1 Å². The first-order valence-corrected chi connectivity index (χ1v) is 7.50. The molecule has 0 heterocycles. The predicted octanol–water partition coefficient (Wildman–Crippen LogP) is 3.79. The van der Waals surface area contributed by atoms with Gasteiger partial charge in [0, 0.05) is 6.04 Å². The van der Waals surface area contributed by atoms with E-state index in [-0.39, 0.29) is 0 Å². The van der Waals surface area contributed by atoms with E-state index in [2.05, 4.69) is 50.4 Å². The van der Waals surface area contributed by atoms with Gasteiger partial charge in [-0.3, -0.25) is 0 Å². The molecule has 1 aromatic carbocycles. The first-order valence-electron chi connectivity index (χ1n) is 7.50. The summed E-state index contributed by atoms with van der Waals surface area (Å²) in [7, 11) is 2.05. The second kappa shape index (κ2) is 6.42. The Morgan fingerprint density at radius 2 is 1.84 bits per heavy atom. The SMILES string of the molecule is CNC1CCC(C(C)C)CC1Oc1ccc(C)cc1. The molecule has 3 atom stereocenters.